The number of nitrogens with one attached hydrogen (secondary N) is 1. The van der Waals surface area contributed by atoms with Crippen LogP contribution in [-0.2, 0) is 9.09 Å². The summed E-state index contributed by atoms with van der Waals surface area (Å²) >= 11 is 11.5. The van der Waals surface area contributed by atoms with E-state index in [4.69, 9.17) is 27.7 Å². The van der Waals surface area contributed by atoms with Gasteiger partial charge in [-0.05, 0) is 12.0 Å². The minimum atomic E-state index is -3.23. The number of non-ortho nitro benzene ring substituents is 1. The van der Waals surface area contributed by atoms with Gasteiger partial charge >= 0.3 is 7.67 Å². The Morgan fingerprint density at radius 3 is 2.43 bits per heavy atom. The second-order valence-electron chi connectivity index (χ2n) is 5.00. The monoisotopic (exact) mass is 381 g/mol. The quantitative estimate of drug-likeness (QED) is 0.336. The number of nitro benzene ring substituents is 1. The number of benzene rings is 1. The molecule has 1 aliphatic heterocycles. The number of rotatable bonds is 7. The van der Waals surface area contributed by atoms with Crippen molar-refractivity contribution >= 4 is 36.6 Å². The fourth-order valence-corrected chi connectivity index (χ4v) is 5.19. The predicted octanol–water partition coefficient (Wildman–Crippen LogP) is 3.53. The number of halogens is 2. The molecule has 0 unspecified atom stereocenters. The van der Waals surface area contributed by atoms with E-state index in [0.717, 1.165) is 5.56 Å². The minimum Gasteiger partial charge on any atom is -0.306 e. The summed E-state index contributed by atoms with van der Waals surface area (Å²) in [7, 11) is -3.23. The zero-order valence-electron chi connectivity index (χ0n) is 12.4. The third-order valence-electron chi connectivity index (χ3n) is 3.56. The highest BCUT2D eigenvalue weighted by atomic mass is 35.5. The normalized spacial score (nSPS) is 24.7. The lowest BCUT2D eigenvalue weighted by Crippen LogP contribution is -2.37. The van der Waals surface area contributed by atoms with Crippen LogP contribution in [0.1, 0.15) is 18.0 Å². The van der Waals surface area contributed by atoms with Gasteiger partial charge in [0.25, 0.3) is 5.69 Å². The smallest absolute Gasteiger partial charge is 0.306 e. The molecule has 2 atom stereocenters. The molecular formula is C13H18Cl2N3O4P. The summed E-state index contributed by atoms with van der Waals surface area (Å²) in [5.74, 6) is 0.627. The van der Waals surface area contributed by atoms with Crippen LogP contribution in [0.15, 0.2) is 24.3 Å². The van der Waals surface area contributed by atoms with Crippen molar-refractivity contribution < 1.29 is 14.0 Å². The van der Waals surface area contributed by atoms with Crippen LogP contribution in [0.3, 0.4) is 0 Å². The summed E-state index contributed by atoms with van der Waals surface area (Å²) in [6, 6.07) is 6.00. The van der Waals surface area contributed by atoms with Crippen molar-refractivity contribution in [3.63, 3.8) is 0 Å². The molecule has 0 amide bonds. The van der Waals surface area contributed by atoms with Gasteiger partial charge in [-0.25, -0.2) is 9.76 Å². The molecule has 1 fully saturated rings. The van der Waals surface area contributed by atoms with Gasteiger partial charge in [-0.1, -0.05) is 12.1 Å². The molecule has 0 aliphatic carbocycles. The molecule has 128 valence electrons. The Morgan fingerprint density at radius 1 is 1.30 bits per heavy atom. The Balaban J connectivity index is 2.15. The summed E-state index contributed by atoms with van der Waals surface area (Å²) in [5, 5.41) is 13.8. The highest BCUT2D eigenvalue weighted by molar-refractivity contribution is 7.54. The van der Waals surface area contributed by atoms with Crippen LogP contribution < -0.4 is 5.09 Å². The van der Waals surface area contributed by atoms with Crippen LogP contribution >= 0.6 is 30.9 Å². The van der Waals surface area contributed by atoms with E-state index in [1.165, 1.54) is 12.1 Å². The summed E-state index contributed by atoms with van der Waals surface area (Å²) in [4.78, 5) is 10.3. The van der Waals surface area contributed by atoms with Gasteiger partial charge in [0.1, 0.15) is 0 Å². The first kappa shape index (κ1) is 18.6. The third kappa shape index (κ3) is 4.66. The maximum atomic E-state index is 13.0. The zero-order chi connectivity index (χ0) is 16.9. The van der Waals surface area contributed by atoms with E-state index in [1.54, 1.807) is 16.8 Å². The largest absolute Gasteiger partial charge is 0.344 e. The highest BCUT2D eigenvalue weighted by Gasteiger charge is 2.37. The molecule has 2 rings (SSSR count). The lowest BCUT2D eigenvalue weighted by Gasteiger charge is -2.37. The maximum Gasteiger partial charge on any atom is 0.344 e. The summed E-state index contributed by atoms with van der Waals surface area (Å²) in [6.07, 6.45) is 0.622. The van der Waals surface area contributed by atoms with Crippen molar-refractivity contribution in [2.24, 2.45) is 0 Å². The van der Waals surface area contributed by atoms with Crippen LogP contribution in [0, 0.1) is 10.1 Å². The lowest BCUT2D eigenvalue weighted by atomic mass is 10.0. The fraction of sp³-hybridized carbons (Fsp3) is 0.538. The second-order valence-corrected chi connectivity index (χ2v) is 7.88. The Kier molecular flexibility index (Phi) is 6.83. The van der Waals surface area contributed by atoms with Gasteiger partial charge < -0.3 is 4.52 Å². The number of hydrogen-bond acceptors (Lipinski definition) is 4. The molecule has 0 spiro atoms. The molecule has 7 nitrogen and oxygen atoms in total. The first-order valence-corrected chi connectivity index (χ1v) is 9.79. The standard InChI is InChI=1S/C13H18Cl2N3O4P/c14-6-8-17(9-7-15)23(21)16-13(5-10-22-23)11-1-3-12(4-2-11)18(19)20/h1-4,13H,5-10H2,(H,16,21)/t13-,23+/m1/s1. The Morgan fingerprint density at radius 2 is 1.91 bits per heavy atom. The summed E-state index contributed by atoms with van der Waals surface area (Å²) in [6.45, 7) is 1.12. The van der Waals surface area contributed by atoms with E-state index in [0.29, 0.717) is 37.9 Å². The van der Waals surface area contributed by atoms with Gasteiger partial charge in [0.15, 0.2) is 0 Å². The highest BCUT2D eigenvalue weighted by Crippen LogP contribution is 2.52. The summed E-state index contributed by atoms with van der Waals surface area (Å²) in [5.41, 5.74) is 0.853. The molecule has 1 N–H and O–H groups in total. The predicted molar refractivity (Wildman–Crippen MR) is 90.2 cm³/mol. The van der Waals surface area contributed by atoms with Crippen LogP contribution in [0.25, 0.3) is 0 Å². The molecule has 1 saturated heterocycles. The van der Waals surface area contributed by atoms with Crippen molar-refractivity contribution in [2.75, 3.05) is 31.5 Å². The van der Waals surface area contributed by atoms with Gasteiger partial charge in [-0.15, -0.1) is 23.2 Å². The van der Waals surface area contributed by atoms with Gasteiger partial charge in [-0.3, -0.25) is 14.7 Å². The van der Waals surface area contributed by atoms with Crippen molar-refractivity contribution in [1.29, 1.82) is 0 Å². The molecule has 1 aromatic rings. The molecule has 0 bridgehead atoms. The number of alkyl halides is 2. The lowest BCUT2D eigenvalue weighted by molar-refractivity contribution is -0.384. The van der Waals surface area contributed by atoms with Crippen molar-refractivity contribution in [3.05, 3.63) is 39.9 Å². The fourth-order valence-electron chi connectivity index (χ4n) is 2.40. The van der Waals surface area contributed by atoms with E-state index in [9.17, 15) is 14.7 Å². The molecule has 1 heterocycles. The molecule has 10 heteroatoms. The topological polar surface area (TPSA) is 84.7 Å². The molecule has 23 heavy (non-hydrogen) atoms. The van der Waals surface area contributed by atoms with E-state index >= 15 is 0 Å². The van der Waals surface area contributed by atoms with Crippen molar-refractivity contribution in [3.8, 4) is 0 Å². The Bertz CT molecular complexity index is 581. The van der Waals surface area contributed by atoms with Crippen LogP contribution in [0.4, 0.5) is 5.69 Å². The molecular weight excluding hydrogens is 364 g/mol. The molecule has 0 saturated carbocycles. The first-order valence-electron chi connectivity index (χ1n) is 7.14. The third-order valence-corrected chi connectivity index (χ3v) is 6.21. The zero-order valence-corrected chi connectivity index (χ0v) is 14.8. The molecule has 0 aromatic heterocycles. The minimum absolute atomic E-state index is 0.0231. The van der Waals surface area contributed by atoms with Crippen LogP contribution in [0.2, 0.25) is 0 Å². The number of nitrogens with zero attached hydrogens (tertiary/aromatic N) is 2. The maximum absolute atomic E-state index is 13.0. The van der Waals surface area contributed by atoms with Crippen LogP contribution in [-0.4, -0.2) is 41.1 Å². The molecule has 0 radical (unpaired) electrons. The average Bonchev–Trinajstić information content (AvgIpc) is 2.55. The number of nitro groups is 1. The summed E-state index contributed by atoms with van der Waals surface area (Å²) < 4.78 is 20.2. The average molecular weight is 382 g/mol. The molecule has 1 aromatic carbocycles. The van der Waals surface area contributed by atoms with Crippen molar-refractivity contribution in [2.45, 2.75) is 12.5 Å². The Labute approximate surface area is 144 Å². The van der Waals surface area contributed by atoms with E-state index in [1.807, 2.05) is 0 Å². The second kappa shape index (κ2) is 8.42. The molecule has 1 aliphatic rings. The van der Waals surface area contributed by atoms with E-state index in [2.05, 4.69) is 5.09 Å². The van der Waals surface area contributed by atoms with Gasteiger partial charge in [0, 0.05) is 43.0 Å². The van der Waals surface area contributed by atoms with Gasteiger partial charge in [0.2, 0.25) is 0 Å². The Hall–Kier alpha value is -0.690. The van der Waals surface area contributed by atoms with E-state index in [-0.39, 0.29) is 11.7 Å². The van der Waals surface area contributed by atoms with Gasteiger partial charge in [0.05, 0.1) is 11.5 Å². The van der Waals surface area contributed by atoms with Crippen LogP contribution in [0.5, 0.6) is 0 Å². The van der Waals surface area contributed by atoms with Crippen molar-refractivity contribution in [1.82, 2.24) is 9.76 Å². The first-order chi connectivity index (χ1) is 11.0. The van der Waals surface area contributed by atoms with Gasteiger partial charge in [-0.2, -0.15) is 0 Å². The SMILES string of the molecule is O=[N+]([O-])c1ccc([C@H]2CCO[P@](=O)(N(CCCl)CCCl)N2)cc1. The van der Waals surface area contributed by atoms with E-state index < -0.39 is 12.6 Å². The number of hydrogen-bond donors (Lipinski definition) is 1.